The van der Waals surface area contributed by atoms with E-state index < -0.39 is 16.4 Å². The molecule has 5 nitrogen and oxygen atoms in total. The van der Waals surface area contributed by atoms with Crippen LogP contribution >= 0.6 is 0 Å². The maximum absolute atomic E-state index is 13.3. The van der Waals surface area contributed by atoms with Crippen molar-refractivity contribution in [2.24, 2.45) is 5.92 Å². The first-order valence-electron chi connectivity index (χ1n) is 5.43. The number of anilines is 1. The predicted octanol–water partition coefficient (Wildman–Crippen LogP) is 2.18. The summed E-state index contributed by atoms with van der Waals surface area (Å²) in [5.74, 6) is -0.486. The van der Waals surface area contributed by atoms with E-state index in [2.05, 4.69) is 5.32 Å². The molecule has 2 rings (SSSR count). The number of para-hydroxylation sites is 1. The van der Waals surface area contributed by atoms with Gasteiger partial charge in [0.25, 0.3) is 0 Å². The normalized spacial score (nSPS) is 19.2. The average molecular weight is 240 g/mol. The summed E-state index contributed by atoms with van der Waals surface area (Å²) >= 11 is 0. The summed E-state index contributed by atoms with van der Waals surface area (Å²) in [6.45, 7) is 1.93. The van der Waals surface area contributed by atoms with Gasteiger partial charge in [0.2, 0.25) is 5.82 Å². The smallest absolute Gasteiger partial charge is 0.327 e. The topological polar surface area (TPSA) is 64.4 Å². The van der Waals surface area contributed by atoms with E-state index in [1.807, 2.05) is 0 Å². The maximum atomic E-state index is 13.3. The Morgan fingerprint density at radius 1 is 1.59 bits per heavy atom. The molecule has 6 heteroatoms. The minimum Gasteiger partial charge on any atom is -0.381 e. The van der Waals surface area contributed by atoms with Gasteiger partial charge in [-0.15, -0.1) is 0 Å². The van der Waals surface area contributed by atoms with Gasteiger partial charge in [-0.3, -0.25) is 10.1 Å². The van der Waals surface area contributed by atoms with Crippen molar-refractivity contribution in [3.63, 3.8) is 0 Å². The molecule has 1 unspecified atom stereocenters. The summed E-state index contributed by atoms with van der Waals surface area (Å²) < 4.78 is 18.5. The van der Waals surface area contributed by atoms with Crippen LogP contribution in [0.15, 0.2) is 18.2 Å². The molecular weight excluding hydrogens is 227 g/mol. The SMILES string of the molecule is O=[N+]([O-])c1c(F)cccc1NCC1CCOC1. The van der Waals surface area contributed by atoms with Crippen molar-refractivity contribution in [2.75, 3.05) is 25.1 Å². The highest BCUT2D eigenvalue weighted by molar-refractivity contribution is 5.61. The van der Waals surface area contributed by atoms with Gasteiger partial charge in [-0.25, -0.2) is 0 Å². The van der Waals surface area contributed by atoms with Gasteiger partial charge in [0, 0.05) is 19.1 Å². The van der Waals surface area contributed by atoms with Crippen LogP contribution < -0.4 is 5.32 Å². The zero-order valence-corrected chi connectivity index (χ0v) is 9.19. The molecule has 1 aliphatic heterocycles. The zero-order valence-electron chi connectivity index (χ0n) is 9.19. The molecule has 17 heavy (non-hydrogen) atoms. The Morgan fingerprint density at radius 2 is 2.41 bits per heavy atom. The lowest BCUT2D eigenvalue weighted by Crippen LogP contribution is -2.15. The lowest BCUT2D eigenvalue weighted by Gasteiger charge is -2.10. The van der Waals surface area contributed by atoms with Crippen LogP contribution in [-0.4, -0.2) is 24.7 Å². The number of hydrogen-bond donors (Lipinski definition) is 1. The van der Waals surface area contributed by atoms with Gasteiger partial charge in [-0.1, -0.05) is 6.07 Å². The molecule has 0 saturated carbocycles. The molecule has 0 radical (unpaired) electrons. The monoisotopic (exact) mass is 240 g/mol. The summed E-state index contributed by atoms with van der Waals surface area (Å²) in [6.07, 6.45) is 0.927. The van der Waals surface area contributed by atoms with Crippen molar-refractivity contribution in [3.05, 3.63) is 34.1 Å². The summed E-state index contributed by atoms with van der Waals surface area (Å²) in [5, 5.41) is 13.7. The highest BCUT2D eigenvalue weighted by Crippen LogP contribution is 2.27. The van der Waals surface area contributed by atoms with Gasteiger partial charge in [0.1, 0.15) is 5.69 Å². The van der Waals surface area contributed by atoms with Crippen molar-refractivity contribution < 1.29 is 14.1 Å². The third-order valence-electron chi connectivity index (χ3n) is 2.77. The van der Waals surface area contributed by atoms with Crippen LogP contribution in [0.1, 0.15) is 6.42 Å². The number of nitro groups is 1. The number of ether oxygens (including phenoxy) is 1. The van der Waals surface area contributed by atoms with Crippen molar-refractivity contribution in [2.45, 2.75) is 6.42 Å². The van der Waals surface area contributed by atoms with Crippen molar-refractivity contribution >= 4 is 11.4 Å². The Morgan fingerprint density at radius 3 is 3.06 bits per heavy atom. The summed E-state index contributed by atoms with van der Waals surface area (Å²) in [6, 6.07) is 4.05. The molecule has 1 atom stereocenters. The van der Waals surface area contributed by atoms with Crippen molar-refractivity contribution in [1.29, 1.82) is 0 Å². The Balaban J connectivity index is 2.09. The first kappa shape index (κ1) is 11.8. The molecule has 1 heterocycles. The molecule has 1 aliphatic rings. The standard InChI is InChI=1S/C11H13FN2O3/c12-9-2-1-3-10(11(9)14(15)16)13-6-8-4-5-17-7-8/h1-3,8,13H,4-7H2. The number of nitrogens with zero attached hydrogens (tertiary/aromatic N) is 1. The van der Waals surface area contributed by atoms with Crippen LogP contribution in [-0.2, 0) is 4.74 Å². The quantitative estimate of drug-likeness (QED) is 0.647. The maximum Gasteiger partial charge on any atom is 0.327 e. The molecule has 0 amide bonds. The van der Waals surface area contributed by atoms with Crippen molar-refractivity contribution in [1.82, 2.24) is 0 Å². The van der Waals surface area contributed by atoms with Gasteiger partial charge >= 0.3 is 5.69 Å². The van der Waals surface area contributed by atoms with E-state index in [0.29, 0.717) is 19.1 Å². The van der Waals surface area contributed by atoms with E-state index in [9.17, 15) is 14.5 Å². The predicted molar refractivity (Wildman–Crippen MR) is 60.5 cm³/mol. The Hall–Kier alpha value is -1.69. The van der Waals surface area contributed by atoms with Crippen LogP contribution in [0.3, 0.4) is 0 Å². The minimum atomic E-state index is -0.817. The first-order valence-corrected chi connectivity index (χ1v) is 5.43. The molecule has 1 aromatic rings. The highest BCUT2D eigenvalue weighted by atomic mass is 19.1. The van der Waals surface area contributed by atoms with Crippen LogP contribution in [0.4, 0.5) is 15.8 Å². The van der Waals surface area contributed by atoms with Gasteiger partial charge < -0.3 is 10.1 Å². The zero-order chi connectivity index (χ0) is 12.3. The third kappa shape index (κ3) is 2.71. The Bertz CT molecular complexity index is 419. The number of halogens is 1. The molecule has 0 spiro atoms. The molecule has 1 saturated heterocycles. The average Bonchev–Trinajstić information content (AvgIpc) is 2.78. The number of nitrogens with one attached hydrogen (secondary N) is 1. The van der Waals surface area contributed by atoms with Gasteiger partial charge in [0.05, 0.1) is 11.5 Å². The number of benzene rings is 1. The van der Waals surface area contributed by atoms with Gasteiger partial charge in [0.15, 0.2) is 0 Å². The Labute approximate surface area is 97.7 Å². The van der Waals surface area contributed by atoms with E-state index in [0.717, 1.165) is 19.1 Å². The van der Waals surface area contributed by atoms with Crippen LogP contribution in [0.25, 0.3) is 0 Å². The number of rotatable bonds is 4. The highest BCUT2D eigenvalue weighted by Gasteiger charge is 2.21. The molecule has 0 aromatic heterocycles. The summed E-state index contributed by atoms with van der Waals surface area (Å²) in [5.41, 5.74) is -0.270. The van der Waals surface area contributed by atoms with E-state index in [1.54, 1.807) is 0 Å². The van der Waals surface area contributed by atoms with Crippen LogP contribution in [0.2, 0.25) is 0 Å². The van der Waals surface area contributed by atoms with Crippen molar-refractivity contribution in [3.8, 4) is 0 Å². The molecule has 92 valence electrons. The second kappa shape index (κ2) is 5.09. The molecule has 1 aromatic carbocycles. The van der Waals surface area contributed by atoms with Gasteiger partial charge in [-0.2, -0.15) is 4.39 Å². The number of hydrogen-bond acceptors (Lipinski definition) is 4. The first-order chi connectivity index (χ1) is 8.18. The van der Waals surface area contributed by atoms with E-state index in [-0.39, 0.29) is 5.69 Å². The third-order valence-corrected chi connectivity index (χ3v) is 2.77. The summed E-state index contributed by atoms with van der Waals surface area (Å²) in [7, 11) is 0. The van der Waals surface area contributed by atoms with Gasteiger partial charge in [-0.05, 0) is 18.6 Å². The molecular formula is C11H13FN2O3. The van der Waals surface area contributed by atoms with E-state index in [1.165, 1.54) is 12.1 Å². The largest absolute Gasteiger partial charge is 0.381 e. The fourth-order valence-electron chi connectivity index (χ4n) is 1.84. The lowest BCUT2D eigenvalue weighted by atomic mass is 10.1. The number of nitro benzene ring substituents is 1. The fourth-order valence-corrected chi connectivity index (χ4v) is 1.84. The molecule has 1 fully saturated rings. The van der Waals surface area contributed by atoms with Crippen LogP contribution in [0, 0.1) is 21.8 Å². The fraction of sp³-hybridized carbons (Fsp3) is 0.455. The second-order valence-corrected chi connectivity index (χ2v) is 4.00. The molecule has 0 bridgehead atoms. The molecule has 0 aliphatic carbocycles. The lowest BCUT2D eigenvalue weighted by molar-refractivity contribution is -0.386. The Kier molecular flexibility index (Phi) is 3.53. The summed E-state index contributed by atoms with van der Waals surface area (Å²) in [4.78, 5) is 10.0. The molecule has 1 N–H and O–H groups in total. The van der Waals surface area contributed by atoms with E-state index >= 15 is 0 Å². The van der Waals surface area contributed by atoms with E-state index in [4.69, 9.17) is 4.74 Å². The second-order valence-electron chi connectivity index (χ2n) is 4.00. The van der Waals surface area contributed by atoms with Crippen LogP contribution in [0.5, 0.6) is 0 Å². The minimum absolute atomic E-state index is 0.224.